The molecule has 1 aromatic carbocycles. The van der Waals surface area contributed by atoms with E-state index in [9.17, 15) is 9.18 Å². The van der Waals surface area contributed by atoms with E-state index in [1.54, 1.807) is 18.3 Å². The van der Waals surface area contributed by atoms with Crippen LogP contribution in [0.2, 0.25) is 0 Å². The van der Waals surface area contributed by atoms with Crippen molar-refractivity contribution in [3.63, 3.8) is 0 Å². The van der Waals surface area contributed by atoms with Crippen molar-refractivity contribution in [3.8, 4) is 21.9 Å². The van der Waals surface area contributed by atoms with Gasteiger partial charge < -0.3 is 9.73 Å². The average Bonchev–Trinajstić information content (AvgIpc) is 3.32. The lowest BCUT2D eigenvalue weighted by atomic mass is 10.1. The van der Waals surface area contributed by atoms with Crippen LogP contribution in [0, 0.1) is 12.7 Å². The Hall–Kier alpha value is -3.32. The zero-order chi connectivity index (χ0) is 18.8. The van der Waals surface area contributed by atoms with Gasteiger partial charge in [0.05, 0.1) is 11.8 Å². The van der Waals surface area contributed by atoms with E-state index in [2.05, 4.69) is 15.3 Å². The van der Waals surface area contributed by atoms with Gasteiger partial charge in [-0.1, -0.05) is 12.1 Å². The molecule has 7 heteroatoms. The molecule has 27 heavy (non-hydrogen) atoms. The topological polar surface area (TPSA) is 68.0 Å². The van der Waals surface area contributed by atoms with Crippen LogP contribution in [0.5, 0.6) is 0 Å². The zero-order valence-electron chi connectivity index (χ0n) is 14.3. The molecule has 0 bridgehead atoms. The number of aryl methyl sites for hydroxylation is 1. The third kappa shape index (κ3) is 3.50. The van der Waals surface area contributed by atoms with Gasteiger partial charge in [0.1, 0.15) is 5.76 Å². The molecule has 4 rings (SSSR count). The molecule has 5 nitrogen and oxygen atoms in total. The number of pyridine rings is 1. The molecule has 0 saturated heterocycles. The summed E-state index contributed by atoms with van der Waals surface area (Å²) < 4.78 is 19.5. The smallest absolute Gasteiger partial charge is 0.258 e. The maximum absolute atomic E-state index is 13.7. The Bertz CT molecular complexity index is 1090. The van der Waals surface area contributed by atoms with Gasteiger partial charge in [-0.2, -0.15) is 0 Å². The Morgan fingerprint density at radius 2 is 2.00 bits per heavy atom. The minimum atomic E-state index is -0.657. The molecular formula is C20H14FN3O2S. The van der Waals surface area contributed by atoms with Gasteiger partial charge in [0.15, 0.2) is 16.6 Å². The van der Waals surface area contributed by atoms with Gasteiger partial charge in [0.25, 0.3) is 5.91 Å². The van der Waals surface area contributed by atoms with Gasteiger partial charge in [-0.3, -0.25) is 9.78 Å². The third-order valence-corrected chi connectivity index (χ3v) is 4.82. The Morgan fingerprint density at radius 1 is 1.19 bits per heavy atom. The van der Waals surface area contributed by atoms with Gasteiger partial charge in [0.2, 0.25) is 0 Å². The minimum Gasteiger partial charge on any atom is -0.458 e. The highest BCUT2D eigenvalue weighted by Crippen LogP contribution is 2.33. The number of benzene rings is 1. The lowest BCUT2D eigenvalue weighted by Crippen LogP contribution is -2.13. The molecule has 0 unspecified atom stereocenters. The molecule has 0 saturated carbocycles. The molecule has 0 aliphatic heterocycles. The van der Waals surface area contributed by atoms with Crippen LogP contribution in [-0.4, -0.2) is 15.9 Å². The summed E-state index contributed by atoms with van der Waals surface area (Å²) >= 11 is 1.51. The van der Waals surface area contributed by atoms with Crippen molar-refractivity contribution in [2.24, 2.45) is 0 Å². The first kappa shape index (κ1) is 17.1. The number of carbonyl (C=O) groups is 1. The summed E-state index contributed by atoms with van der Waals surface area (Å²) in [4.78, 5) is 20.1. The minimum absolute atomic E-state index is 0.0483. The monoisotopic (exact) mass is 379 g/mol. The van der Waals surface area contributed by atoms with E-state index in [0.717, 1.165) is 33.9 Å². The number of furan rings is 1. The second kappa shape index (κ2) is 7.13. The summed E-state index contributed by atoms with van der Waals surface area (Å²) in [6.07, 6.45) is 4.13. The number of hydrogen-bond donors (Lipinski definition) is 1. The predicted octanol–water partition coefficient (Wildman–Crippen LogP) is 5.16. The molecule has 1 amide bonds. The van der Waals surface area contributed by atoms with Crippen molar-refractivity contribution >= 4 is 22.9 Å². The van der Waals surface area contributed by atoms with Crippen LogP contribution in [0.4, 0.5) is 10.1 Å². The van der Waals surface area contributed by atoms with Crippen molar-refractivity contribution < 1.29 is 13.6 Å². The first-order valence-corrected chi connectivity index (χ1v) is 9.01. The van der Waals surface area contributed by atoms with Crippen molar-refractivity contribution in [2.75, 3.05) is 5.32 Å². The third-order valence-electron chi connectivity index (χ3n) is 4.03. The molecule has 0 fully saturated rings. The maximum atomic E-state index is 13.7. The van der Waals surface area contributed by atoms with Crippen molar-refractivity contribution in [1.29, 1.82) is 0 Å². The van der Waals surface area contributed by atoms with E-state index in [-0.39, 0.29) is 5.56 Å². The summed E-state index contributed by atoms with van der Waals surface area (Å²) in [5.41, 5.74) is 2.43. The van der Waals surface area contributed by atoms with E-state index < -0.39 is 11.7 Å². The maximum Gasteiger partial charge on any atom is 0.258 e. The fourth-order valence-electron chi connectivity index (χ4n) is 2.71. The molecule has 0 spiro atoms. The largest absolute Gasteiger partial charge is 0.458 e. The molecule has 0 aliphatic rings. The lowest BCUT2D eigenvalue weighted by molar-refractivity contribution is 0.102. The predicted molar refractivity (Wildman–Crippen MR) is 102 cm³/mol. The average molecular weight is 379 g/mol. The van der Waals surface area contributed by atoms with Gasteiger partial charge in [-0.15, -0.1) is 11.3 Å². The lowest BCUT2D eigenvalue weighted by Gasteiger charge is -2.07. The second-order valence-corrected chi connectivity index (χ2v) is 6.70. The van der Waals surface area contributed by atoms with Gasteiger partial charge in [-0.25, -0.2) is 9.37 Å². The highest BCUT2D eigenvalue weighted by molar-refractivity contribution is 7.13. The van der Waals surface area contributed by atoms with Crippen LogP contribution in [0.3, 0.4) is 0 Å². The van der Waals surface area contributed by atoms with E-state index in [1.165, 1.54) is 23.6 Å². The van der Waals surface area contributed by atoms with Gasteiger partial charge in [0, 0.05) is 29.0 Å². The van der Waals surface area contributed by atoms with Crippen LogP contribution < -0.4 is 5.32 Å². The van der Waals surface area contributed by atoms with E-state index in [0.29, 0.717) is 5.69 Å². The standard InChI is InChI=1S/C20H14FN3O2S/c1-12-16(10-18(26-12)20-23-8-9-27-20)13-2-4-14(5-3-13)24-19(25)15-6-7-22-11-17(15)21/h2-11H,1H3,(H,24,25). The number of anilines is 1. The number of thiazole rings is 1. The summed E-state index contributed by atoms with van der Waals surface area (Å²) in [5, 5.41) is 5.41. The zero-order valence-corrected chi connectivity index (χ0v) is 15.1. The molecule has 0 radical (unpaired) electrons. The summed E-state index contributed by atoms with van der Waals surface area (Å²) in [6, 6.07) is 10.6. The van der Waals surface area contributed by atoms with Crippen molar-refractivity contribution in [3.05, 3.63) is 77.5 Å². The van der Waals surface area contributed by atoms with Gasteiger partial charge >= 0.3 is 0 Å². The molecule has 3 aromatic heterocycles. The first-order valence-electron chi connectivity index (χ1n) is 8.13. The SMILES string of the molecule is Cc1oc(-c2nccs2)cc1-c1ccc(NC(=O)c2ccncc2F)cc1. The Kier molecular flexibility index (Phi) is 4.52. The van der Waals surface area contributed by atoms with E-state index >= 15 is 0 Å². The highest BCUT2D eigenvalue weighted by atomic mass is 32.1. The molecule has 0 aliphatic carbocycles. The number of aromatic nitrogens is 2. The number of halogens is 1. The number of carbonyl (C=O) groups excluding carboxylic acids is 1. The van der Waals surface area contributed by atoms with Gasteiger partial charge in [-0.05, 0) is 36.8 Å². The van der Waals surface area contributed by atoms with Crippen molar-refractivity contribution in [1.82, 2.24) is 9.97 Å². The van der Waals surface area contributed by atoms with E-state index in [1.807, 2.05) is 30.5 Å². The number of nitrogens with one attached hydrogen (secondary N) is 1. The fourth-order valence-corrected chi connectivity index (χ4v) is 3.30. The Morgan fingerprint density at radius 3 is 2.70 bits per heavy atom. The summed E-state index contributed by atoms with van der Waals surface area (Å²) in [6.45, 7) is 1.90. The molecule has 134 valence electrons. The molecule has 1 N–H and O–H groups in total. The molecular weight excluding hydrogens is 365 g/mol. The summed E-state index contributed by atoms with van der Waals surface area (Å²) in [7, 11) is 0. The fraction of sp³-hybridized carbons (Fsp3) is 0.0500. The highest BCUT2D eigenvalue weighted by Gasteiger charge is 2.14. The Labute approximate surface area is 158 Å². The summed E-state index contributed by atoms with van der Waals surface area (Å²) in [5.74, 6) is 0.336. The number of nitrogens with zero attached hydrogens (tertiary/aromatic N) is 2. The normalized spacial score (nSPS) is 10.7. The van der Waals surface area contributed by atoms with E-state index in [4.69, 9.17) is 4.42 Å². The number of rotatable bonds is 4. The Balaban J connectivity index is 1.55. The molecule has 0 atom stereocenters. The second-order valence-electron chi connectivity index (χ2n) is 5.80. The quantitative estimate of drug-likeness (QED) is 0.531. The molecule has 3 heterocycles. The van der Waals surface area contributed by atoms with Crippen LogP contribution in [0.1, 0.15) is 16.1 Å². The molecule has 4 aromatic rings. The van der Waals surface area contributed by atoms with Crippen LogP contribution in [0.15, 0.2) is 64.8 Å². The van der Waals surface area contributed by atoms with Crippen LogP contribution in [0.25, 0.3) is 21.9 Å². The van der Waals surface area contributed by atoms with Crippen LogP contribution >= 0.6 is 11.3 Å². The first-order chi connectivity index (χ1) is 13.1. The van der Waals surface area contributed by atoms with Crippen LogP contribution in [-0.2, 0) is 0 Å². The number of amides is 1. The number of hydrogen-bond acceptors (Lipinski definition) is 5. The van der Waals surface area contributed by atoms with Crippen molar-refractivity contribution in [2.45, 2.75) is 6.92 Å².